The Morgan fingerprint density at radius 2 is 1.22 bits per heavy atom. The van der Waals surface area contributed by atoms with Crippen LogP contribution in [0.25, 0.3) is 10.9 Å². The number of carboxylic acid groups (broad SMARTS) is 1. The summed E-state index contributed by atoms with van der Waals surface area (Å²) >= 11 is 0. The third-order valence-electron chi connectivity index (χ3n) is 11.7. The fourth-order valence-electron chi connectivity index (χ4n) is 7.96. The average molecular weight is 1020 g/mol. The molecule has 3 aromatic carbocycles. The number of aromatic amines is 1. The molecule has 1 aromatic heterocycles. The number of unbranched alkanes of at least 4 members (excludes halogenated alkanes) is 3. The molecule has 0 aliphatic rings. The topological polar surface area (TPSA) is 291 Å². The second kappa shape index (κ2) is 28.3. The van der Waals surface area contributed by atoms with Gasteiger partial charge in [0.05, 0.1) is 17.9 Å². The van der Waals surface area contributed by atoms with E-state index in [2.05, 4.69) is 36.9 Å². The fraction of sp³-hybridized carbons (Fsp3) is 0.481. The minimum Gasteiger partial charge on any atom is -0.481 e. The highest BCUT2D eigenvalue weighted by Crippen LogP contribution is 2.20. The summed E-state index contributed by atoms with van der Waals surface area (Å²) in [4.78, 5) is 97.2. The van der Waals surface area contributed by atoms with Gasteiger partial charge in [-0.15, -0.1) is 0 Å². The Kier molecular flexibility index (Phi) is 22.7. The monoisotopic (exact) mass is 1020 g/mol. The van der Waals surface area contributed by atoms with E-state index in [4.69, 9.17) is 4.74 Å². The molecule has 0 fully saturated rings. The predicted octanol–water partition coefficient (Wildman–Crippen LogP) is 5.42. The van der Waals surface area contributed by atoms with Gasteiger partial charge in [0.2, 0.25) is 29.5 Å². The Bertz CT molecular complexity index is 2550. The molecule has 20 heteroatoms. The lowest BCUT2D eigenvalue weighted by atomic mass is 10.0. The van der Waals surface area contributed by atoms with Crippen molar-refractivity contribution in [2.24, 2.45) is 0 Å². The number of carboxylic acids is 1. The zero-order valence-electron chi connectivity index (χ0n) is 41.8. The summed E-state index contributed by atoms with van der Waals surface area (Å²) in [7, 11) is -4.50. The van der Waals surface area contributed by atoms with E-state index in [1.165, 1.54) is 12.1 Å². The minimum absolute atomic E-state index is 0.0134. The van der Waals surface area contributed by atoms with Crippen molar-refractivity contribution in [2.75, 3.05) is 6.54 Å². The van der Waals surface area contributed by atoms with E-state index < -0.39 is 94.1 Å². The summed E-state index contributed by atoms with van der Waals surface area (Å²) in [6.07, 6.45) is 5.70. The lowest BCUT2D eigenvalue weighted by Crippen LogP contribution is -2.57. The molecule has 6 amide bonds. The van der Waals surface area contributed by atoms with E-state index in [9.17, 15) is 51.6 Å². The van der Waals surface area contributed by atoms with Crippen molar-refractivity contribution >= 4 is 62.6 Å². The number of para-hydroxylation sites is 1. The molecule has 4 rings (SSSR count). The van der Waals surface area contributed by atoms with Crippen molar-refractivity contribution in [1.82, 2.24) is 36.9 Å². The van der Waals surface area contributed by atoms with Crippen LogP contribution in [-0.2, 0) is 62.9 Å². The number of alkyl carbamates (subject to hydrolysis) is 1. The Balaban J connectivity index is 1.49. The molecule has 0 aliphatic carbocycles. The molecule has 0 saturated carbocycles. The number of aromatic nitrogens is 1. The van der Waals surface area contributed by atoms with Crippen LogP contribution in [-0.4, -0.2) is 107 Å². The molecule has 19 nitrogen and oxygen atoms in total. The predicted molar refractivity (Wildman–Crippen MR) is 271 cm³/mol. The molecule has 0 radical (unpaired) electrons. The molecule has 0 aliphatic heterocycles. The van der Waals surface area contributed by atoms with Crippen LogP contribution >= 0.6 is 0 Å². The van der Waals surface area contributed by atoms with Gasteiger partial charge in [0.25, 0.3) is 10.1 Å². The molecular formula is C52H71N7O12S. The standard InChI is InChI=1S/C52H71N7O12S/c1-6-8-22-41(57-49(65)43(59-51(67)71-52(3,4)5)29-35-25-27-38(28-26-35)72(68,69)70)47(63)54-33-45(60)56-44(30-36-32-53-40-24-16-15-21-39(36)40)50(66)58-42(23-9-7-2)48(64)55-37(31-46(61)62)20-14-13-19-34-17-11-10-12-18-34/h10-12,15-18,21,24-28,32,37,41-44,53H,6-9,13-14,19-20,22-23,29-31,33H2,1-5H3,(H,54,63)(H,55,64)(H,56,60)(H,57,65)(H,58,66)(H,59,67)(H,61,62)(H,68,69,70)/t37-,41-,42-,43-,44-/m0/s1. The highest BCUT2D eigenvalue weighted by Gasteiger charge is 2.32. The van der Waals surface area contributed by atoms with E-state index >= 15 is 0 Å². The summed E-state index contributed by atoms with van der Waals surface area (Å²) in [5, 5.41) is 26.7. The number of H-pyrrole nitrogens is 1. The molecule has 72 heavy (non-hydrogen) atoms. The number of carbonyl (C=O) groups excluding carboxylic acids is 6. The van der Waals surface area contributed by atoms with Crippen LogP contribution in [0.5, 0.6) is 0 Å². The van der Waals surface area contributed by atoms with Gasteiger partial charge in [-0.25, -0.2) is 4.79 Å². The van der Waals surface area contributed by atoms with Crippen molar-refractivity contribution in [1.29, 1.82) is 0 Å². The molecule has 5 atom stereocenters. The first-order valence-corrected chi connectivity index (χ1v) is 25.9. The Morgan fingerprint density at radius 1 is 0.639 bits per heavy atom. The van der Waals surface area contributed by atoms with Gasteiger partial charge in [0.15, 0.2) is 0 Å². The smallest absolute Gasteiger partial charge is 0.408 e. The van der Waals surface area contributed by atoms with Crippen molar-refractivity contribution < 1.29 is 56.4 Å². The van der Waals surface area contributed by atoms with Gasteiger partial charge in [-0.1, -0.05) is 107 Å². The number of hydrogen-bond acceptors (Lipinski definition) is 10. The molecule has 0 spiro atoms. The van der Waals surface area contributed by atoms with Gasteiger partial charge in [0, 0.05) is 36.0 Å². The zero-order chi connectivity index (χ0) is 52.8. The Morgan fingerprint density at radius 3 is 1.82 bits per heavy atom. The van der Waals surface area contributed by atoms with Gasteiger partial charge in [-0.3, -0.25) is 33.3 Å². The van der Waals surface area contributed by atoms with Crippen LogP contribution in [0.4, 0.5) is 4.79 Å². The summed E-state index contributed by atoms with van der Waals surface area (Å²) in [6.45, 7) is 8.10. The summed E-state index contributed by atoms with van der Waals surface area (Å²) in [5.74, 6) is -4.57. The van der Waals surface area contributed by atoms with Crippen LogP contribution in [0, 0.1) is 0 Å². The third kappa shape index (κ3) is 20.1. The number of rotatable bonds is 29. The van der Waals surface area contributed by atoms with E-state index in [1.54, 1.807) is 27.0 Å². The number of nitrogens with one attached hydrogen (secondary N) is 7. The quantitative estimate of drug-likeness (QED) is 0.0244. The number of carbonyl (C=O) groups is 7. The molecule has 392 valence electrons. The lowest BCUT2D eigenvalue weighted by Gasteiger charge is -2.26. The van der Waals surface area contributed by atoms with Crippen LogP contribution in [0.15, 0.2) is 90.0 Å². The molecule has 9 N–H and O–H groups in total. The fourth-order valence-corrected chi connectivity index (χ4v) is 8.44. The minimum atomic E-state index is -4.50. The maximum atomic E-state index is 14.3. The van der Waals surface area contributed by atoms with Crippen molar-refractivity contribution in [3.63, 3.8) is 0 Å². The second-order valence-electron chi connectivity index (χ2n) is 18.9. The van der Waals surface area contributed by atoms with Gasteiger partial charge in [-0.2, -0.15) is 8.42 Å². The van der Waals surface area contributed by atoms with Crippen LogP contribution < -0.4 is 31.9 Å². The molecule has 0 bridgehead atoms. The number of benzene rings is 3. The summed E-state index contributed by atoms with van der Waals surface area (Å²) < 4.78 is 38.0. The lowest BCUT2D eigenvalue weighted by molar-refractivity contribution is -0.138. The number of hydrogen-bond donors (Lipinski definition) is 9. The van der Waals surface area contributed by atoms with E-state index in [0.29, 0.717) is 49.7 Å². The average Bonchev–Trinajstić information content (AvgIpc) is 3.73. The van der Waals surface area contributed by atoms with Crippen molar-refractivity contribution in [2.45, 2.75) is 159 Å². The van der Waals surface area contributed by atoms with E-state index in [-0.39, 0.29) is 37.0 Å². The van der Waals surface area contributed by atoms with Crippen molar-refractivity contribution in [3.05, 3.63) is 102 Å². The first-order chi connectivity index (χ1) is 34.1. The largest absolute Gasteiger partial charge is 0.481 e. The molecule has 0 unspecified atom stereocenters. The van der Waals surface area contributed by atoms with Gasteiger partial charge >= 0.3 is 12.1 Å². The normalized spacial score (nSPS) is 13.6. The van der Waals surface area contributed by atoms with E-state index in [0.717, 1.165) is 41.4 Å². The van der Waals surface area contributed by atoms with Gasteiger partial charge in [-0.05, 0) is 87.8 Å². The summed E-state index contributed by atoms with van der Waals surface area (Å²) in [5.41, 5.74) is 2.11. The van der Waals surface area contributed by atoms with Crippen LogP contribution in [0.2, 0.25) is 0 Å². The molecule has 0 saturated heterocycles. The Hall–Kier alpha value is -6.80. The molecular weight excluding hydrogens is 947 g/mol. The first kappa shape index (κ1) is 57.8. The van der Waals surface area contributed by atoms with E-state index in [1.807, 2.05) is 68.4 Å². The Labute approximate surface area is 421 Å². The number of aliphatic carboxylic acids is 1. The highest BCUT2D eigenvalue weighted by molar-refractivity contribution is 7.85. The maximum Gasteiger partial charge on any atom is 0.408 e. The van der Waals surface area contributed by atoms with Crippen LogP contribution in [0.3, 0.4) is 0 Å². The number of aryl methyl sites for hydroxylation is 1. The maximum absolute atomic E-state index is 14.3. The highest BCUT2D eigenvalue weighted by atomic mass is 32.2. The molecule has 1 heterocycles. The third-order valence-corrected chi connectivity index (χ3v) is 12.5. The van der Waals surface area contributed by atoms with Gasteiger partial charge < -0.3 is 46.7 Å². The number of fused-ring (bicyclic) bond motifs is 1. The first-order valence-electron chi connectivity index (χ1n) is 24.5. The molecule has 4 aromatic rings. The van der Waals surface area contributed by atoms with Gasteiger partial charge in [0.1, 0.15) is 29.8 Å². The number of ether oxygens (including phenoxy) is 1. The number of amides is 6. The van der Waals surface area contributed by atoms with Crippen molar-refractivity contribution in [3.8, 4) is 0 Å². The SMILES string of the molecule is CCCC[C@H](NC(=O)[C@H](Cc1ccc(S(=O)(=O)O)cc1)NC(=O)OC(C)(C)C)C(=O)NCC(=O)N[C@@H](Cc1c[nH]c2ccccc12)C(=O)N[C@@H](CCCC)C(=O)N[C@@H](CCCCc1ccccc1)CC(=O)O. The zero-order valence-corrected chi connectivity index (χ0v) is 42.6. The second-order valence-corrected chi connectivity index (χ2v) is 20.3. The summed E-state index contributed by atoms with van der Waals surface area (Å²) in [6, 6.07) is 16.8. The van der Waals surface area contributed by atoms with Crippen LogP contribution in [0.1, 0.15) is 116 Å².